The van der Waals surface area contributed by atoms with Crippen molar-refractivity contribution in [2.45, 2.75) is 13.0 Å². The molecule has 1 aromatic carbocycles. The van der Waals surface area contributed by atoms with Crippen LogP contribution < -0.4 is 5.69 Å². The smallest absolute Gasteiger partial charge is 0.323 e. The lowest BCUT2D eigenvalue weighted by Crippen LogP contribution is -2.35. The summed E-state index contributed by atoms with van der Waals surface area (Å²) in [5.41, 5.74) is 3.81. The minimum Gasteiger partial charge on any atom is -0.334 e. The van der Waals surface area contributed by atoms with Gasteiger partial charge in [-0.25, -0.2) is 4.79 Å². The van der Waals surface area contributed by atoms with E-state index in [2.05, 4.69) is 20.2 Å². The second-order valence-corrected chi connectivity index (χ2v) is 5.19. The summed E-state index contributed by atoms with van der Waals surface area (Å²) >= 11 is 0. The Kier molecular flexibility index (Phi) is 2.47. The average Bonchev–Trinajstić information content (AvgIpc) is 3.09. The maximum atomic E-state index is 12.6. The number of nitrogens with zero attached hydrogens (tertiary/aromatic N) is 2. The fourth-order valence-electron chi connectivity index (χ4n) is 2.74. The standard InChI is InChI=1S/C14H13N5O2/c20-13(19-4-3-10-9(7-19)6-15-18-10)8-1-2-11-12(5-8)17-14(21)16-11/h1-2,5-6H,3-4,7H2,(H,15,18)(H2,16,17,21). The Labute approximate surface area is 119 Å². The zero-order valence-corrected chi connectivity index (χ0v) is 11.1. The first-order valence-corrected chi connectivity index (χ1v) is 6.73. The Bertz CT molecular complexity index is 888. The molecule has 7 nitrogen and oxygen atoms in total. The predicted molar refractivity (Wildman–Crippen MR) is 76.0 cm³/mol. The first kappa shape index (κ1) is 12.0. The van der Waals surface area contributed by atoms with Crippen molar-refractivity contribution in [3.8, 4) is 0 Å². The fourth-order valence-corrected chi connectivity index (χ4v) is 2.74. The summed E-state index contributed by atoms with van der Waals surface area (Å²) in [6, 6.07) is 5.19. The van der Waals surface area contributed by atoms with Crippen LogP contribution in [0.1, 0.15) is 21.6 Å². The van der Waals surface area contributed by atoms with Crippen LogP contribution in [0.4, 0.5) is 0 Å². The zero-order chi connectivity index (χ0) is 14.4. The number of carbonyl (C=O) groups is 1. The number of benzene rings is 1. The van der Waals surface area contributed by atoms with Crippen molar-refractivity contribution in [3.05, 3.63) is 51.7 Å². The monoisotopic (exact) mass is 283 g/mol. The molecule has 21 heavy (non-hydrogen) atoms. The molecular weight excluding hydrogens is 270 g/mol. The number of H-pyrrole nitrogens is 3. The molecule has 3 aromatic rings. The minimum absolute atomic E-state index is 0.0363. The van der Waals surface area contributed by atoms with Crippen molar-refractivity contribution < 1.29 is 4.79 Å². The van der Waals surface area contributed by atoms with E-state index >= 15 is 0 Å². The number of fused-ring (bicyclic) bond motifs is 2. The maximum Gasteiger partial charge on any atom is 0.323 e. The van der Waals surface area contributed by atoms with Gasteiger partial charge in [-0.1, -0.05) is 0 Å². The van der Waals surface area contributed by atoms with Gasteiger partial charge in [0.2, 0.25) is 0 Å². The third-order valence-corrected chi connectivity index (χ3v) is 3.85. The number of amides is 1. The first-order valence-electron chi connectivity index (χ1n) is 6.73. The van der Waals surface area contributed by atoms with Crippen molar-refractivity contribution in [2.75, 3.05) is 6.54 Å². The summed E-state index contributed by atoms with van der Waals surface area (Å²) in [4.78, 5) is 31.0. The van der Waals surface area contributed by atoms with Gasteiger partial charge in [0, 0.05) is 36.3 Å². The number of carbonyl (C=O) groups excluding carboxylic acids is 1. The number of hydrogen-bond acceptors (Lipinski definition) is 3. The van der Waals surface area contributed by atoms with E-state index in [0.29, 0.717) is 29.7 Å². The Balaban J connectivity index is 1.65. The number of aromatic nitrogens is 4. The number of imidazole rings is 1. The van der Waals surface area contributed by atoms with Gasteiger partial charge in [0.15, 0.2) is 0 Å². The van der Waals surface area contributed by atoms with Crippen molar-refractivity contribution >= 4 is 16.9 Å². The van der Waals surface area contributed by atoms with Crippen LogP contribution in [0.2, 0.25) is 0 Å². The molecule has 1 aliphatic heterocycles. The summed E-state index contributed by atoms with van der Waals surface area (Å²) < 4.78 is 0. The van der Waals surface area contributed by atoms with Crippen LogP contribution in [0, 0.1) is 0 Å². The number of hydrogen-bond donors (Lipinski definition) is 3. The lowest BCUT2D eigenvalue weighted by molar-refractivity contribution is 0.0734. The first-order chi connectivity index (χ1) is 10.2. The van der Waals surface area contributed by atoms with Crippen LogP contribution in [0.25, 0.3) is 11.0 Å². The number of aromatic amines is 3. The fraction of sp³-hybridized carbons (Fsp3) is 0.214. The molecule has 106 valence electrons. The molecule has 3 N–H and O–H groups in total. The summed E-state index contributed by atoms with van der Waals surface area (Å²) in [5.74, 6) is -0.0363. The maximum absolute atomic E-state index is 12.6. The predicted octanol–water partition coefficient (Wildman–Crippen LogP) is 0.778. The van der Waals surface area contributed by atoms with Crippen LogP contribution in [-0.2, 0) is 13.0 Å². The topological polar surface area (TPSA) is 97.6 Å². The van der Waals surface area contributed by atoms with Crippen LogP contribution in [0.15, 0.2) is 29.2 Å². The van der Waals surface area contributed by atoms with Gasteiger partial charge in [0.1, 0.15) is 0 Å². The van der Waals surface area contributed by atoms with E-state index in [1.807, 2.05) is 0 Å². The minimum atomic E-state index is -0.268. The van der Waals surface area contributed by atoms with Gasteiger partial charge in [-0.15, -0.1) is 0 Å². The van der Waals surface area contributed by atoms with Gasteiger partial charge in [-0.3, -0.25) is 9.89 Å². The van der Waals surface area contributed by atoms with Crippen LogP contribution in [0.3, 0.4) is 0 Å². The van der Waals surface area contributed by atoms with E-state index < -0.39 is 0 Å². The van der Waals surface area contributed by atoms with E-state index in [0.717, 1.165) is 17.7 Å². The molecule has 1 amide bonds. The highest BCUT2D eigenvalue weighted by atomic mass is 16.2. The van der Waals surface area contributed by atoms with Crippen LogP contribution in [0.5, 0.6) is 0 Å². The Morgan fingerprint density at radius 2 is 2.10 bits per heavy atom. The van der Waals surface area contributed by atoms with E-state index in [1.165, 1.54) is 0 Å². The number of rotatable bonds is 1. The molecule has 0 unspecified atom stereocenters. The molecule has 0 saturated carbocycles. The highest BCUT2D eigenvalue weighted by Gasteiger charge is 2.23. The van der Waals surface area contributed by atoms with E-state index in [-0.39, 0.29) is 11.6 Å². The molecule has 0 fully saturated rings. The molecule has 0 radical (unpaired) electrons. The largest absolute Gasteiger partial charge is 0.334 e. The van der Waals surface area contributed by atoms with Crippen LogP contribution >= 0.6 is 0 Å². The summed E-state index contributed by atoms with van der Waals surface area (Å²) in [7, 11) is 0. The van der Waals surface area contributed by atoms with Crippen molar-refractivity contribution in [3.63, 3.8) is 0 Å². The van der Waals surface area contributed by atoms with Gasteiger partial charge in [-0.05, 0) is 18.2 Å². The molecule has 0 aliphatic carbocycles. The van der Waals surface area contributed by atoms with Gasteiger partial charge in [0.05, 0.1) is 17.2 Å². The molecular formula is C14H13N5O2. The Morgan fingerprint density at radius 3 is 3.00 bits per heavy atom. The molecule has 0 saturated heterocycles. The van der Waals surface area contributed by atoms with Crippen molar-refractivity contribution in [1.82, 2.24) is 25.1 Å². The van der Waals surface area contributed by atoms with Gasteiger partial charge in [0.25, 0.3) is 5.91 Å². The Hall–Kier alpha value is -2.83. The summed E-state index contributed by atoms with van der Waals surface area (Å²) in [5, 5.41) is 6.96. The quantitative estimate of drug-likeness (QED) is 0.615. The molecule has 7 heteroatoms. The van der Waals surface area contributed by atoms with E-state index in [4.69, 9.17) is 0 Å². The molecule has 2 aromatic heterocycles. The summed E-state index contributed by atoms with van der Waals surface area (Å²) in [6.45, 7) is 1.22. The average molecular weight is 283 g/mol. The second-order valence-electron chi connectivity index (χ2n) is 5.19. The third-order valence-electron chi connectivity index (χ3n) is 3.85. The highest BCUT2D eigenvalue weighted by Crippen LogP contribution is 2.19. The third kappa shape index (κ3) is 1.94. The lowest BCUT2D eigenvalue weighted by atomic mass is 10.1. The SMILES string of the molecule is O=C(c1ccc2[nH]c(=O)[nH]c2c1)N1CCc2[nH]ncc2C1. The van der Waals surface area contributed by atoms with E-state index in [1.54, 1.807) is 29.3 Å². The normalized spacial score (nSPS) is 14.4. The van der Waals surface area contributed by atoms with Crippen molar-refractivity contribution in [2.24, 2.45) is 0 Å². The lowest BCUT2D eigenvalue weighted by Gasteiger charge is -2.26. The Morgan fingerprint density at radius 1 is 1.24 bits per heavy atom. The zero-order valence-electron chi connectivity index (χ0n) is 11.1. The molecule has 0 atom stereocenters. The summed E-state index contributed by atoms with van der Waals surface area (Å²) in [6.07, 6.45) is 2.55. The van der Waals surface area contributed by atoms with Gasteiger partial charge < -0.3 is 14.9 Å². The number of nitrogens with one attached hydrogen (secondary N) is 3. The molecule has 0 spiro atoms. The molecule has 3 heterocycles. The molecule has 0 bridgehead atoms. The molecule has 1 aliphatic rings. The van der Waals surface area contributed by atoms with Gasteiger partial charge >= 0.3 is 5.69 Å². The van der Waals surface area contributed by atoms with Crippen molar-refractivity contribution in [1.29, 1.82) is 0 Å². The van der Waals surface area contributed by atoms with E-state index in [9.17, 15) is 9.59 Å². The second kappa shape index (κ2) is 4.34. The molecule has 4 rings (SSSR count). The van der Waals surface area contributed by atoms with Crippen LogP contribution in [-0.4, -0.2) is 37.5 Å². The van der Waals surface area contributed by atoms with Gasteiger partial charge in [-0.2, -0.15) is 5.10 Å². The highest BCUT2D eigenvalue weighted by molar-refractivity contribution is 5.97.